The number of fused-ring (bicyclic) bond motifs is 2. The summed E-state index contributed by atoms with van der Waals surface area (Å²) in [5, 5.41) is 21.6. The fourth-order valence-electron chi connectivity index (χ4n) is 3.40. The van der Waals surface area contributed by atoms with E-state index in [9.17, 15) is 0 Å². The Morgan fingerprint density at radius 1 is 0.556 bits per heavy atom. The molecule has 0 saturated carbocycles. The van der Waals surface area contributed by atoms with Crippen molar-refractivity contribution in [2.75, 3.05) is 7.05 Å². The monoisotopic (exact) mass is 352 g/mol. The highest BCUT2D eigenvalue weighted by atomic mass is 15.1. The lowest BCUT2D eigenvalue weighted by molar-refractivity contribution is 1.15. The summed E-state index contributed by atoms with van der Waals surface area (Å²) in [6, 6.07) is 24.5. The van der Waals surface area contributed by atoms with E-state index in [1.165, 1.54) is 10.9 Å². The minimum atomic E-state index is 0.823. The van der Waals surface area contributed by atoms with Gasteiger partial charge in [0.05, 0.1) is 17.1 Å². The van der Waals surface area contributed by atoms with Gasteiger partial charge in [0.1, 0.15) is 0 Å². The zero-order valence-corrected chi connectivity index (χ0v) is 15.4. The zero-order valence-electron chi connectivity index (χ0n) is 15.4. The van der Waals surface area contributed by atoms with Crippen LogP contribution < -0.4 is 0 Å². The molecule has 4 rings (SSSR count). The van der Waals surface area contributed by atoms with Crippen molar-refractivity contribution in [1.29, 1.82) is 0 Å². The van der Waals surface area contributed by atoms with E-state index in [1.54, 1.807) is 7.05 Å². The van der Waals surface area contributed by atoms with Crippen LogP contribution in [-0.4, -0.2) is 7.05 Å². The fourth-order valence-corrected chi connectivity index (χ4v) is 3.40. The second kappa shape index (κ2) is 7.46. The van der Waals surface area contributed by atoms with Crippen LogP contribution in [0, 0.1) is 0 Å². The average molecular weight is 352 g/mol. The number of aryl methyl sites for hydroxylation is 1. The molecular weight excluding hydrogens is 332 g/mol. The number of azo groups is 2. The first kappa shape index (κ1) is 17.0. The summed E-state index contributed by atoms with van der Waals surface area (Å²) in [5.74, 6) is 0. The summed E-state index contributed by atoms with van der Waals surface area (Å²) in [4.78, 5) is 0. The van der Waals surface area contributed by atoms with Gasteiger partial charge < -0.3 is 0 Å². The lowest BCUT2D eigenvalue weighted by atomic mass is 10.0. The van der Waals surface area contributed by atoms with Crippen LogP contribution >= 0.6 is 0 Å². The molecule has 0 spiro atoms. The van der Waals surface area contributed by atoms with E-state index in [1.807, 2.05) is 48.5 Å². The maximum absolute atomic E-state index is 4.58. The lowest BCUT2D eigenvalue weighted by Crippen LogP contribution is -1.83. The number of nitrogens with zero attached hydrogens (tertiary/aromatic N) is 4. The topological polar surface area (TPSA) is 49.4 Å². The predicted octanol–water partition coefficient (Wildman–Crippen LogP) is 7.68. The summed E-state index contributed by atoms with van der Waals surface area (Å²) in [5.41, 5.74) is 3.86. The molecule has 0 bridgehead atoms. The third-order valence-corrected chi connectivity index (χ3v) is 4.72. The number of benzene rings is 4. The normalized spacial score (nSPS) is 11.9. The molecule has 4 aromatic carbocycles. The first-order chi connectivity index (χ1) is 13.3. The third kappa shape index (κ3) is 3.22. The second-order valence-corrected chi connectivity index (χ2v) is 6.29. The zero-order chi connectivity index (χ0) is 18.6. The Balaban J connectivity index is 1.83. The number of hydrogen-bond acceptors (Lipinski definition) is 4. The van der Waals surface area contributed by atoms with Gasteiger partial charge in [-0.3, -0.25) is 0 Å². The molecule has 0 unspecified atom stereocenters. The van der Waals surface area contributed by atoms with Gasteiger partial charge in [-0.05, 0) is 35.6 Å². The Kier molecular flexibility index (Phi) is 4.71. The fraction of sp³-hybridized carbons (Fsp3) is 0.130. The lowest BCUT2D eigenvalue weighted by Gasteiger charge is -2.07. The van der Waals surface area contributed by atoms with Crippen molar-refractivity contribution in [2.45, 2.75) is 13.3 Å². The van der Waals surface area contributed by atoms with Gasteiger partial charge in [-0.2, -0.15) is 10.2 Å². The second-order valence-electron chi connectivity index (χ2n) is 6.29. The standard InChI is InChI=1S/C23H20N4/c1-3-16-12-13-22(18-9-5-4-8-17(16)18)26-27-23-15-14-21(25-24-2)19-10-6-7-11-20(19)23/h4-15H,3H2,1-2H3. The van der Waals surface area contributed by atoms with E-state index in [4.69, 9.17) is 0 Å². The summed E-state index contributed by atoms with van der Waals surface area (Å²) >= 11 is 0. The summed E-state index contributed by atoms with van der Waals surface area (Å²) in [6.07, 6.45) is 0.996. The SMILES string of the molecule is CCc1ccc(N=Nc2ccc(N=NC)c3ccccc23)c2ccccc12. The summed E-state index contributed by atoms with van der Waals surface area (Å²) in [6.45, 7) is 2.17. The van der Waals surface area contributed by atoms with Crippen molar-refractivity contribution >= 4 is 38.6 Å². The number of rotatable bonds is 4. The van der Waals surface area contributed by atoms with Crippen molar-refractivity contribution in [3.63, 3.8) is 0 Å². The maximum atomic E-state index is 4.58. The van der Waals surface area contributed by atoms with E-state index in [0.29, 0.717) is 0 Å². The van der Waals surface area contributed by atoms with Gasteiger partial charge in [0.15, 0.2) is 0 Å². The van der Waals surface area contributed by atoms with E-state index < -0.39 is 0 Å². The van der Waals surface area contributed by atoms with Gasteiger partial charge in [-0.25, -0.2) is 0 Å². The van der Waals surface area contributed by atoms with Crippen LogP contribution in [0.15, 0.2) is 93.3 Å². The molecule has 4 heteroatoms. The van der Waals surface area contributed by atoms with Crippen LogP contribution in [0.3, 0.4) is 0 Å². The molecule has 0 aliphatic heterocycles. The van der Waals surface area contributed by atoms with Gasteiger partial charge in [-0.15, -0.1) is 10.2 Å². The number of hydrogen-bond donors (Lipinski definition) is 0. The molecule has 0 N–H and O–H groups in total. The molecule has 0 fully saturated rings. The van der Waals surface area contributed by atoms with Crippen LogP contribution in [0.2, 0.25) is 0 Å². The minimum absolute atomic E-state index is 0.823. The third-order valence-electron chi connectivity index (χ3n) is 4.72. The Bertz CT molecular complexity index is 1180. The Morgan fingerprint density at radius 3 is 1.52 bits per heavy atom. The molecule has 0 radical (unpaired) electrons. The van der Waals surface area contributed by atoms with Gasteiger partial charge in [0.2, 0.25) is 0 Å². The highest BCUT2D eigenvalue weighted by molar-refractivity contribution is 6.00. The first-order valence-corrected chi connectivity index (χ1v) is 9.05. The summed E-state index contributed by atoms with van der Waals surface area (Å²) in [7, 11) is 1.67. The Hall–Kier alpha value is -3.40. The van der Waals surface area contributed by atoms with Crippen LogP contribution in [0.1, 0.15) is 12.5 Å². The van der Waals surface area contributed by atoms with Gasteiger partial charge in [0, 0.05) is 23.2 Å². The molecule has 0 atom stereocenters. The molecular formula is C23H20N4. The highest BCUT2D eigenvalue weighted by Crippen LogP contribution is 2.35. The largest absolute Gasteiger partial charge is 0.192 e. The summed E-state index contributed by atoms with van der Waals surface area (Å²) < 4.78 is 0. The first-order valence-electron chi connectivity index (χ1n) is 9.05. The Labute approximate surface area is 158 Å². The van der Waals surface area contributed by atoms with E-state index >= 15 is 0 Å². The molecule has 132 valence electrons. The van der Waals surface area contributed by atoms with Crippen molar-refractivity contribution in [3.8, 4) is 0 Å². The molecule has 0 aliphatic carbocycles. The smallest absolute Gasteiger partial charge is 0.0936 e. The molecule has 4 aromatic rings. The molecule has 0 aliphatic rings. The van der Waals surface area contributed by atoms with Gasteiger partial charge in [0.25, 0.3) is 0 Å². The molecule has 4 nitrogen and oxygen atoms in total. The van der Waals surface area contributed by atoms with Crippen LogP contribution in [-0.2, 0) is 6.42 Å². The maximum Gasteiger partial charge on any atom is 0.0936 e. The van der Waals surface area contributed by atoms with E-state index in [2.05, 4.69) is 51.6 Å². The van der Waals surface area contributed by atoms with Crippen molar-refractivity contribution in [1.82, 2.24) is 0 Å². The quantitative estimate of drug-likeness (QED) is 0.338. The molecule has 0 saturated heterocycles. The Morgan fingerprint density at radius 2 is 1.00 bits per heavy atom. The van der Waals surface area contributed by atoms with Gasteiger partial charge >= 0.3 is 0 Å². The molecule has 0 amide bonds. The van der Waals surface area contributed by atoms with Crippen LogP contribution in [0.5, 0.6) is 0 Å². The average Bonchev–Trinajstić information content (AvgIpc) is 2.73. The van der Waals surface area contributed by atoms with Crippen molar-refractivity contribution in [3.05, 3.63) is 78.4 Å². The van der Waals surface area contributed by atoms with Crippen LogP contribution in [0.4, 0.5) is 17.1 Å². The van der Waals surface area contributed by atoms with Crippen molar-refractivity contribution < 1.29 is 0 Å². The van der Waals surface area contributed by atoms with Crippen LogP contribution in [0.25, 0.3) is 21.5 Å². The predicted molar refractivity (Wildman–Crippen MR) is 112 cm³/mol. The van der Waals surface area contributed by atoms with Gasteiger partial charge in [-0.1, -0.05) is 61.5 Å². The van der Waals surface area contributed by atoms with E-state index in [-0.39, 0.29) is 0 Å². The van der Waals surface area contributed by atoms with Crippen molar-refractivity contribution in [2.24, 2.45) is 20.5 Å². The molecule has 0 aromatic heterocycles. The minimum Gasteiger partial charge on any atom is -0.192 e. The van der Waals surface area contributed by atoms with E-state index in [0.717, 1.165) is 39.6 Å². The molecule has 27 heavy (non-hydrogen) atoms. The molecule has 0 heterocycles. The highest BCUT2D eigenvalue weighted by Gasteiger charge is 2.07.